The van der Waals surface area contributed by atoms with Crippen LogP contribution in [0.1, 0.15) is 31.4 Å². The summed E-state index contributed by atoms with van der Waals surface area (Å²) in [7, 11) is -1.66. The first-order valence-corrected chi connectivity index (χ1v) is 11.0. The van der Waals surface area contributed by atoms with Gasteiger partial charge in [-0.05, 0) is 37.5 Å². The van der Waals surface area contributed by atoms with Gasteiger partial charge in [-0.15, -0.1) is 0 Å². The van der Waals surface area contributed by atoms with E-state index in [9.17, 15) is 8.42 Å². The zero-order valence-corrected chi connectivity index (χ0v) is 17.5. The predicted molar refractivity (Wildman–Crippen MR) is 112 cm³/mol. The summed E-state index contributed by atoms with van der Waals surface area (Å²) in [6.45, 7) is 5.71. The normalized spacial score (nSPS) is 12.4. The van der Waals surface area contributed by atoms with Gasteiger partial charge in [-0.1, -0.05) is 24.3 Å². The number of hydrogen-bond donors (Lipinski definition) is 3. The maximum Gasteiger partial charge on any atom is 0.216 e. The molecule has 0 aliphatic carbocycles. The highest BCUT2D eigenvalue weighted by atomic mass is 32.2. The predicted octanol–water partition coefficient (Wildman–Crippen LogP) is 1.47. The van der Waals surface area contributed by atoms with Crippen LogP contribution in [0.2, 0.25) is 0 Å². The van der Waals surface area contributed by atoms with Crippen molar-refractivity contribution in [3.8, 4) is 0 Å². The van der Waals surface area contributed by atoms with E-state index in [1.807, 2.05) is 55.1 Å². The maximum absolute atomic E-state index is 12.3. The van der Waals surface area contributed by atoms with E-state index in [1.54, 1.807) is 13.2 Å². The third-order valence-electron chi connectivity index (χ3n) is 3.96. The minimum absolute atomic E-state index is 0.0427. The first kappa shape index (κ1) is 21.9. The summed E-state index contributed by atoms with van der Waals surface area (Å²) in [6, 6.07) is 9.31. The summed E-state index contributed by atoms with van der Waals surface area (Å²) in [5, 5.41) is 10.7. The van der Waals surface area contributed by atoms with E-state index < -0.39 is 10.0 Å². The molecular formula is C19H30N6O2S. The molecule has 0 fully saturated rings. The first-order valence-electron chi connectivity index (χ1n) is 9.38. The fourth-order valence-electron chi connectivity index (χ4n) is 2.76. The van der Waals surface area contributed by atoms with Crippen LogP contribution in [0.5, 0.6) is 0 Å². The van der Waals surface area contributed by atoms with Crippen LogP contribution in [-0.4, -0.2) is 43.8 Å². The Morgan fingerprint density at radius 3 is 2.57 bits per heavy atom. The summed E-state index contributed by atoms with van der Waals surface area (Å²) < 4.78 is 29.0. The average Bonchev–Trinajstić information content (AvgIpc) is 3.14. The molecule has 0 amide bonds. The fraction of sp³-hybridized carbons (Fsp3) is 0.474. The highest BCUT2D eigenvalue weighted by Crippen LogP contribution is 2.12. The lowest BCUT2D eigenvalue weighted by molar-refractivity contribution is 0.568. The average molecular weight is 407 g/mol. The molecule has 0 atom stereocenters. The lowest BCUT2D eigenvalue weighted by Crippen LogP contribution is -2.38. The molecule has 1 aromatic heterocycles. The van der Waals surface area contributed by atoms with Gasteiger partial charge in [-0.25, -0.2) is 13.1 Å². The molecule has 0 saturated heterocycles. The van der Waals surface area contributed by atoms with Crippen molar-refractivity contribution >= 4 is 16.0 Å². The Balaban J connectivity index is 1.86. The molecule has 1 heterocycles. The smallest absolute Gasteiger partial charge is 0.216 e. The second-order valence-corrected chi connectivity index (χ2v) is 8.53. The summed E-state index contributed by atoms with van der Waals surface area (Å²) in [4.78, 5) is 4.22. The molecule has 2 rings (SSSR count). The maximum atomic E-state index is 12.3. The van der Waals surface area contributed by atoms with E-state index in [4.69, 9.17) is 0 Å². The Morgan fingerprint density at radius 2 is 1.93 bits per heavy atom. The summed E-state index contributed by atoms with van der Waals surface area (Å²) in [6.07, 6.45) is 4.62. The van der Waals surface area contributed by atoms with E-state index in [-0.39, 0.29) is 11.8 Å². The zero-order valence-electron chi connectivity index (χ0n) is 16.7. The molecule has 9 heteroatoms. The minimum Gasteiger partial charge on any atom is -0.356 e. The van der Waals surface area contributed by atoms with Gasteiger partial charge in [0.05, 0.1) is 5.75 Å². The summed E-state index contributed by atoms with van der Waals surface area (Å²) in [5.41, 5.74) is 1.70. The van der Waals surface area contributed by atoms with Crippen LogP contribution in [0, 0.1) is 0 Å². The standard InChI is InChI=1S/C19H30N6O2S/c1-16(2)24-28(26,27)15-18-9-5-4-8-17(18)14-22-19(20-3)21-10-6-12-25-13-7-11-23-25/h4-5,7-9,11,13,16,24H,6,10,12,14-15H2,1-3H3,(H2,20,21,22). The van der Waals surface area contributed by atoms with Crippen LogP contribution in [0.4, 0.5) is 0 Å². The van der Waals surface area contributed by atoms with E-state index in [0.29, 0.717) is 12.5 Å². The van der Waals surface area contributed by atoms with Crippen molar-refractivity contribution in [3.63, 3.8) is 0 Å². The third kappa shape index (κ3) is 7.69. The molecule has 3 N–H and O–H groups in total. The van der Waals surface area contributed by atoms with Crippen LogP contribution >= 0.6 is 0 Å². The molecule has 0 radical (unpaired) electrons. The first-order chi connectivity index (χ1) is 13.4. The molecule has 154 valence electrons. The second-order valence-electron chi connectivity index (χ2n) is 6.78. The number of benzene rings is 1. The molecule has 0 saturated carbocycles. The number of rotatable bonds is 10. The van der Waals surface area contributed by atoms with E-state index in [2.05, 4.69) is 25.4 Å². The number of hydrogen-bond acceptors (Lipinski definition) is 4. The van der Waals surface area contributed by atoms with Crippen molar-refractivity contribution in [2.75, 3.05) is 13.6 Å². The number of guanidine groups is 1. The topological polar surface area (TPSA) is 100 Å². The van der Waals surface area contributed by atoms with Crippen LogP contribution in [0.3, 0.4) is 0 Å². The van der Waals surface area contributed by atoms with Crippen molar-refractivity contribution in [1.82, 2.24) is 25.1 Å². The number of nitrogens with one attached hydrogen (secondary N) is 3. The number of sulfonamides is 1. The van der Waals surface area contributed by atoms with Crippen molar-refractivity contribution in [2.45, 2.75) is 45.2 Å². The quantitative estimate of drug-likeness (QED) is 0.315. The SMILES string of the molecule is CN=C(NCCCn1cccn1)NCc1ccccc1CS(=O)(=O)NC(C)C. The second kappa shape index (κ2) is 10.8. The van der Waals surface area contributed by atoms with Crippen molar-refractivity contribution < 1.29 is 8.42 Å². The third-order valence-corrected chi connectivity index (χ3v) is 5.49. The van der Waals surface area contributed by atoms with Crippen molar-refractivity contribution in [3.05, 3.63) is 53.9 Å². The Hall–Kier alpha value is -2.39. The molecule has 8 nitrogen and oxygen atoms in total. The highest BCUT2D eigenvalue weighted by molar-refractivity contribution is 7.88. The minimum atomic E-state index is -3.37. The molecule has 0 aliphatic rings. The van der Waals surface area contributed by atoms with Crippen LogP contribution in [0.25, 0.3) is 0 Å². The van der Waals surface area contributed by atoms with E-state index >= 15 is 0 Å². The Morgan fingerprint density at radius 1 is 1.18 bits per heavy atom. The zero-order chi connectivity index (χ0) is 20.4. The van der Waals surface area contributed by atoms with Gasteiger partial charge in [0.2, 0.25) is 10.0 Å². The van der Waals surface area contributed by atoms with E-state index in [1.165, 1.54) is 0 Å². The van der Waals surface area contributed by atoms with Crippen LogP contribution in [0.15, 0.2) is 47.7 Å². The number of nitrogens with zero attached hydrogens (tertiary/aromatic N) is 3. The van der Waals surface area contributed by atoms with Crippen LogP contribution in [-0.2, 0) is 28.9 Å². The summed E-state index contributed by atoms with van der Waals surface area (Å²) in [5.74, 6) is 0.636. The largest absolute Gasteiger partial charge is 0.356 e. The van der Waals surface area contributed by atoms with Gasteiger partial charge >= 0.3 is 0 Å². The monoisotopic (exact) mass is 406 g/mol. The van der Waals surface area contributed by atoms with Gasteiger partial charge < -0.3 is 10.6 Å². The number of aliphatic imine (C=N–C) groups is 1. The van der Waals surface area contributed by atoms with Crippen molar-refractivity contribution in [1.29, 1.82) is 0 Å². The number of aromatic nitrogens is 2. The van der Waals surface area contributed by atoms with Gasteiger partial charge in [-0.3, -0.25) is 9.67 Å². The van der Waals surface area contributed by atoms with Gasteiger partial charge in [0.1, 0.15) is 0 Å². The Kier molecular flexibility index (Phi) is 8.46. The molecule has 28 heavy (non-hydrogen) atoms. The van der Waals surface area contributed by atoms with Gasteiger partial charge in [0.15, 0.2) is 5.96 Å². The van der Waals surface area contributed by atoms with Gasteiger partial charge in [0.25, 0.3) is 0 Å². The highest BCUT2D eigenvalue weighted by Gasteiger charge is 2.15. The molecule has 0 aliphatic heterocycles. The number of aryl methyl sites for hydroxylation is 1. The molecule has 1 aromatic carbocycles. The lowest BCUT2D eigenvalue weighted by atomic mass is 10.1. The molecule has 2 aromatic rings. The molecule has 0 bridgehead atoms. The molecule has 0 spiro atoms. The van der Waals surface area contributed by atoms with E-state index in [0.717, 1.165) is 30.6 Å². The Labute approximate surface area is 167 Å². The van der Waals surface area contributed by atoms with Crippen molar-refractivity contribution in [2.24, 2.45) is 4.99 Å². The van der Waals surface area contributed by atoms with Gasteiger partial charge in [-0.2, -0.15) is 5.10 Å². The Bertz CT molecular complexity index is 847. The van der Waals surface area contributed by atoms with Gasteiger partial charge in [0, 0.05) is 45.1 Å². The lowest BCUT2D eigenvalue weighted by Gasteiger charge is -2.15. The fourth-order valence-corrected chi connectivity index (χ4v) is 4.25. The molecular weight excluding hydrogens is 376 g/mol. The molecule has 0 unspecified atom stereocenters. The summed E-state index contributed by atoms with van der Waals surface area (Å²) >= 11 is 0. The van der Waals surface area contributed by atoms with Crippen LogP contribution < -0.4 is 15.4 Å².